The average Bonchev–Trinajstić information content (AvgIpc) is 2.37. The van der Waals surface area contributed by atoms with Gasteiger partial charge in [-0.2, -0.15) is 0 Å². The summed E-state index contributed by atoms with van der Waals surface area (Å²) in [5, 5.41) is 6.18. The number of amides is 1. The van der Waals surface area contributed by atoms with Crippen molar-refractivity contribution in [1.29, 1.82) is 0 Å². The zero-order valence-electron chi connectivity index (χ0n) is 12.2. The van der Waals surface area contributed by atoms with Crippen molar-refractivity contribution in [3.05, 3.63) is 0 Å². The van der Waals surface area contributed by atoms with Crippen LogP contribution in [-0.2, 0) is 9.53 Å². The van der Waals surface area contributed by atoms with Crippen molar-refractivity contribution < 1.29 is 9.53 Å². The molecule has 1 saturated carbocycles. The predicted octanol–water partition coefficient (Wildman–Crippen LogP) is 2.12. The fraction of sp³-hybridized carbons (Fsp3) is 0.929. The van der Waals surface area contributed by atoms with Crippen LogP contribution in [0.2, 0.25) is 0 Å². The first kappa shape index (κ1) is 18.7. The largest absolute Gasteiger partial charge is 0.383 e. The second-order valence-corrected chi connectivity index (χ2v) is 5.24. The minimum Gasteiger partial charge on any atom is -0.383 e. The van der Waals surface area contributed by atoms with E-state index in [9.17, 15) is 4.79 Å². The van der Waals surface area contributed by atoms with Gasteiger partial charge in [-0.15, -0.1) is 12.4 Å². The molecule has 1 fully saturated rings. The van der Waals surface area contributed by atoms with Crippen LogP contribution in [0.15, 0.2) is 0 Å². The summed E-state index contributed by atoms with van der Waals surface area (Å²) < 4.78 is 4.91. The van der Waals surface area contributed by atoms with Gasteiger partial charge in [0, 0.05) is 19.7 Å². The van der Waals surface area contributed by atoms with Gasteiger partial charge in [0.2, 0.25) is 5.91 Å². The van der Waals surface area contributed by atoms with Gasteiger partial charge in [0.25, 0.3) is 0 Å². The summed E-state index contributed by atoms with van der Waals surface area (Å²) in [6, 6.07) is 0.398. The molecular weight excluding hydrogens is 264 g/mol. The van der Waals surface area contributed by atoms with Crippen molar-refractivity contribution in [2.24, 2.45) is 5.92 Å². The Morgan fingerprint density at radius 1 is 1.26 bits per heavy atom. The molecule has 0 aromatic heterocycles. The Bertz CT molecular complexity index is 231. The van der Waals surface area contributed by atoms with Gasteiger partial charge in [-0.1, -0.05) is 19.8 Å². The molecule has 1 aliphatic carbocycles. The Morgan fingerprint density at radius 2 is 1.95 bits per heavy atom. The highest BCUT2D eigenvalue weighted by atomic mass is 35.5. The van der Waals surface area contributed by atoms with E-state index in [-0.39, 0.29) is 18.3 Å². The molecule has 5 heteroatoms. The molecule has 19 heavy (non-hydrogen) atoms. The maximum absolute atomic E-state index is 11.7. The minimum absolute atomic E-state index is 0. The molecule has 0 unspecified atom stereocenters. The third-order valence-corrected chi connectivity index (χ3v) is 3.68. The Morgan fingerprint density at radius 3 is 2.53 bits per heavy atom. The molecule has 1 aliphatic rings. The number of carbonyl (C=O) groups excluding carboxylic acids is 1. The van der Waals surface area contributed by atoms with Crippen molar-refractivity contribution in [1.82, 2.24) is 10.6 Å². The number of methoxy groups -OCH3 is 1. The summed E-state index contributed by atoms with van der Waals surface area (Å²) >= 11 is 0. The minimum atomic E-state index is 0. The summed E-state index contributed by atoms with van der Waals surface area (Å²) in [5.74, 6) is 1.01. The number of rotatable bonds is 8. The van der Waals surface area contributed by atoms with Gasteiger partial charge in [-0.05, 0) is 31.6 Å². The second-order valence-electron chi connectivity index (χ2n) is 5.24. The summed E-state index contributed by atoms with van der Waals surface area (Å²) in [7, 11) is 1.66. The Balaban J connectivity index is 0.00000324. The number of carbonyl (C=O) groups is 1. The van der Waals surface area contributed by atoms with Crippen molar-refractivity contribution in [2.45, 2.75) is 51.5 Å². The van der Waals surface area contributed by atoms with Gasteiger partial charge in [-0.25, -0.2) is 0 Å². The van der Waals surface area contributed by atoms with Crippen LogP contribution in [0.1, 0.15) is 45.4 Å². The molecule has 0 spiro atoms. The van der Waals surface area contributed by atoms with Crippen LogP contribution < -0.4 is 10.6 Å². The fourth-order valence-electron chi connectivity index (χ4n) is 2.66. The lowest BCUT2D eigenvalue weighted by Crippen LogP contribution is -2.42. The van der Waals surface area contributed by atoms with Crippen LogP contribution in [0.25, 0.3) is 0 Å². The van der Waals surface area contributed by atoms with E-state index in [4.69, 9.17) is 4.74 Å². The SMILES string of the molecule is CCCC1CCC(NC(=O)CNCCOC)CC1.Cl. The highest BCUT2D eigenvalue weighted by Crippen LogP contribution is 2.27. The van der Waals surface area contributed by atoms with E-state index in [1.54, 1.807) is 7.11 Å². The van der Waals surface area contributed by atoms with E-state index >= 15 is 0 Å². The maximum Gasteiger partial charge on any atom is 0.234 e. The molecule has 4 nitrogen and oxygen atoms in total. The molecule has 1 amide bonds. The zero-order chi connectivity index (χ0) is 13.2. The van der Waals surface area contributed by atoms with Gasteiger partial charge >= 0.3 is 0 Å². The van der Waals surface area contributed by atoms with Crippen molar-refractivity contribution >= 4 is 18.3 Å². The molecule has 1 rings (SSSR count). The average molecular weight is 293 g/mol. The van der Waals surface area contributed by atoms with Gasteiger partial charge in [0.05, 0.1) is 13.2 Å². The van der Waals surface area contributed by atoms with E-state index in [0.717, 1.165) is 25.3 Å². The van der Waals surface area contributed by atoms with Crippen LogP contribution in [-0.4, -0.2) is 38.8 Å². The van der Waals surface area contributed by atoms with E-state index in [0.29, 0.717) is 19.2 Å². The highest BCUT2D eigenvalue weighted by molar-refractivity contribution is 5.85. The van der Waals surface area contributed by atoms with Gasteiger partial charge in [-0.3, -0.25) is 4.79 Å². The zero-order valence-corrected chi connectivity index (χ0v) is 13.1. The molecule has 2 N–H and O–H groups in total. The predicted molar refractivity (Wildman–Crippen MR) is 80.8 cm³/mol. The molecule has 0 heterocycles. The van der Waals surface area contributed by atoms with E-state index < -0.39 is 0 Å². The van der Waals surface area contributed by atoms with Crippen LogP contribution >= 0.6 is 12.4 Å². The number of hydrogen-bond donors (Lipinski definition) is 2. The first-order valence-electron chi connectivity index (χ1n) is 7.25. The smallest absolute Gasteiger partial charge is 0.234 e. The first-order valence-corrected chi connectivity index (χ1v) is 7.25. The Kier molecular flexibility index (Phi) is 11.3. The fourth-order valence-corrected chi connectivity index (χ4v) is 2.66. The quantitative estimate of drug-likeness (QED) is 0.674. The highest BCUT2D eigenvalue weighted by Gasteiger charge is 2.21. The lowest BCUT2D eigenvalue weighted by atomic mass is 9.83. The molecule has 0 saturated heterocycles. The number of nitrogens with one attached hydrogen (secondary N) is 2. The molecule has 114 valence electrons. The lowest BCUT2D eigenvalue weighted by molar-refractivity contribution is -0.121. The van der Waals surface area contributed by atoms with E-state index in [1.807, 2.05) is 0 Å². The van der Waals surface area contributed by atoms with Gasteiger partial charge < -0.3 is 15.4 Å². The normalized spacial score (nSPS) is 22.6. The first-order chi connectivity index (χ1) is 8.76. The van der Waals surface area contributed by atoms with Crippen LogP contribution in [0, 0.1) is 5.92 Å². The van der Waals surface area contributed by atoms with Gasteiger partial charge in [0.15, 0.2) is 0 Å². The molecule has 0 aromatic carbocycles. The lowest BCUT2D eigenvalue weighted by Gasteiger charge is -2.29. The summed E-state index contributed by atoms with van der Waals surface area (Å²) in [4.78, 5) is 11.7. The second kappa shape index (κ2) is 11.5. The maximum atomic E-state index is 11.7. The summed E-state index contributed by atoms with van der Waals surface area (Å²) in [6.45, 7) is 4.03. The molecule has 0 atom stereocenters. The molecular formula is C14H29ClN2O2. The number of hydrogen-bond acceptors (Lipinski definition) is 3. The van der Waals surface area contributed by atoms with Gasteiger partial charge in [0.1, 0.15) is 0 Å². The molecule has 0 aromatic rings. The number of ether oxygens (including phenoxy) is 1. The summed E-state index contributed by atoms with van der Waals surface area (Å²) in [5.41, 5.74) is 0. The van der Waals surface area contributed by atoms with Crippen LogP contribution in [0.5, 0.6) is 0 Å². The Labute approximate surface area is 123 Å². The Hall–Kier alpha value is -0.320. The number of halogens is 1. The van der Waals surface area contributed by atoms with Crippen molar-refractivity contribution in [2.75, 3.05) is 26.8 Å². The van der Waals surface area contributed by atoms with E-state index in [1.165, 1.54) is 25.7 Å². The molecule has 0 bridgehead atoms. The topological polar surface area (TPSA) is 50.4 Å². The van der Waals surface area contributed by atoms with Crippen LogP contribution in [0.3, 0.4) is 0 Å². The van der Waals surface area contributed by atoms with E-state index in [2.05, 4.69) is 17.6 Å². The van der Waals surface area contributed by atoms with Crippen molar-refractivity contribution in [3.63, 3.8) is 0 Å². The molecule has 0 radical (unpaired) electrons. The summed E-state index contributed by atoms with van der Waals surface area (Å²) in [6.07, 6.45) is 7.47. The monoisotopic (exact) mass is 292 g/mol. The third-order valence-electron chi connectivity index (χ3n) is 3.68. The third kappa shape index (κ3) is 8.45. The standard InChI is InChI=1S/C14H28N2O2.ClH/c1-3-4-12-5-7-13(8-6-12)16-14(17)11-15-9-10-18-2;/h12-13,15H,3-11H2,1-2H3,(H,16,17);1H. The molecule has 0 aliphatic heterocycles. The van der Waals surface area contributed by atoms with Crippen molar-refractivity contribution in [3.8, 4) is 0 Å². The van der Waals surface area contributed by atoms with Crippen LogP contribution in [0.4, 0.5) is 0 Å².